The number of alkyl halides is 2. The Balaban J connectivity index is 1.93. The largest absolute Gasteiger partial charge is 0.365 e. The fourth-order valence-electron chi connectivity index (χ4n) is 3.27. The molecule has 1 saturated carbocycles. The summed E-state index contributed by atoms with van der Waals surface area (Å²) in [6.45, 7) is 1.88. The van der Waals surface area contributed by atoms with E-state index in [-0.39, 0.29) is 30.0 Å². The summed E-state index contributed by atoms with van der Waals surface area (Å²) in [5.74, 6) is -5.02. The molecule has 1 aliphatic carbocycles. The van der Waals surface area contributed by atoms with Gasteiger partial charge in [0.1, 0.15) is 5.82 Å². The number of hydrogen-bond donors (Lipinski definition) is 4. The van der Waals surface area contributed by atoms with Crippen LogP contribution in [0.2, 0.25) is 0 Å². The summed E-state index contributed by atoms with van der Waals surface area (Å²) in [5.41, 5.74) is 12.4. The molecule has 0 aliphatic heterocycles. The van der Waals surface area contributed by atoms with E-state index in [0.29, 0.717) is 12.1 Å². The highest BCUT2D eigenvalue weighted by atomic mass is 19.3. The van der Waals surface area contributed by atoms with Gasteiger partial charge in [0, 0.05) is 18.2 Å². The highest BCUT2D eigenvalue weighted by Gasteiger charge is 2.45. The van der Waals surface area contributed by atoms with E-state index >= 15 is 0 Å². The molecule has 2 aromatic rings. The van der Waals surface area contributed by atoms with Crippen LogP contribution in [0.1, 0.15) is 35.2 Å². The second-order valence-corrected chi connectivity index (χ2v) is 7.00. The molecule has 1 aromatic carbocycles. The predicted molar refractivity (Wildman–Crippen MR) is 101 cm³/mol. The van der Waals surface area contributed by atoms with Crippen LogP contribution in [0, 0.1) is 12.7 Å². The smallest absolute Gasteiger partial charge is 0.264 e. The van der Waals surface area contributed by atoms with Crippen molar-refractivity contribution in [1.29, 1.82) is 0 Å². The molecule has 0 bridgehead atoms. The molecule has 1 heterocycles. The molecule has 0 saturated heterocycles. The summed E-state index contributed by atoms with van der Waals surface area (Å²) in [4.78, 5) is 15.8. The van der Waals surface area contributed by atoms with Gasteiger partial charge in [-0.1, -0.05) is 12.1 Å². The third-order valence-electron chi connectivity index (χ3n) is 4.79. The van der Waals surface area contributed by atoms with Gasteiger partial charge in [-0.15, -0.1) is 0 Å². The average molecular weight is 393 g/mol. The van der Waals surface area contributed by atoms with Gasteiger partial charge in [0.25, 0.3) is 11.8 Å². The maximum Gasteiger partial charge on any atom is 0.264 e. The fraction of sp³-hybridized carbons (Fsp3) is 0.368. The SMILES string of the molecule is Cc1cccc(Nc2nc(N[C@@H]3CCCC(F)(F)[C@@H]3N)c(F)cc2C(N)=O)c1. The molecule has 6 N–H and O–H groups in total. The molecule has 1 aromatic heterocycles. The number of rotatable bonds is 5. The van der Waals surface area contributed by atoms with E-state index in [1.165, 1.54) is 0 Å². The van der Waals surface area contributed by atoms with Crippen molar-refractivity contribution in [3.63, 3.8) is 0 Å². The molecule has 0 spiro atoms. The number of benzene rings is 1. The number of aryl methyl sites for hydroxylation is 1. The molecule has 6 nitrogen and oxygen atoms in total. The normalized spacial score (nSPS) is 21.2. The van der Waals surface area contributed by atoms with Crippen LogP contribution in [0.15, 0.2) is 30.3 Å². The minimum atomic E-state index is -3.04. The molecule has 0 radical (unpaired) electrons. The van der Waals surface area contributed by atoms with Gasteiger partial charge >= 0.3 is 0 Å². The lowest BCUT2D eigenvalue weighted by Crippen LogP contribution is -2.55. The Bertz CT molecular complexity index is 890. The third-order valence-corrected chi connectivity index (χ3v) is 4.79. The maximum atomic E-state index is 14.5. The standard InChI is InChI=1S/C19H22F3N5O/c1-10-4-2-5-11(8-10)25-17-12(16(24)28)9-13(20)18(27-17)26-14-6-3-7-19(21,22)15(14)23/h2,4-5,8-9,14-15H,3,6-7,23H2,1H3,(H2,24,28)(H2,25,26,27)/t14-,15-/m1/s1. The summed E-state index contributed by atoms with van der Waals surface area (Å²) < 4.78 is 42.2. The van der Waals surface area contributed by atoms with Gasteiger partial charge in [-0.2, -0.15) is 0 Å². The van der Waals surface area contributed by atoms with Crippen molar-refractivity contribution in [3.8, 4) is 0 Å². The zero-order valence-electron chi connectivity index (χ0n) is 15.3. The Morgan fingerprint density at radius 1 is 1.29 bits per heavy atom. The number of nitrogens with one attached hydrogen (secondary N) is 2. The molecule has 3 rings (SSSR count). The summed E-state index contributed by atoms with van der Waals surface area (Å²) in [5, 5.41) is 5.60. The number of primary amides is 1. The number of aromatic nitrogens is 1. The van der Waals surface area contributed by atoms with Gasteiger partial charge < -0.3 is 22.1 Å². The van der Waals surface area contributed by atoms with Crippen LogP contribution in [0.3, 0.4) is 0 Å². The Labute approximate surface area is 160 Å². The quantitative estimate of drug-likeness (QED) is 0.624. The number of nitrogens with two attached hydrogens (primary N) is 2. The van der Waals surface area contributed by atoms with Gasteiger partial charge in [0.05, 0.1) is 11.6 Å². The number of carbonyl (C=O) groups excluding carboxylic acids is 1. The number of hydrogen-bond acceptors (Lipinski definition) is 5. The summed E-state index contributed by atoms with van der Waals surface area (Å²) in [7, 11) is 0. The van der Waals surface area contributed by atoms with Crippen molar-refractivity contribution >= 4 is 23.2 Å². The minimum absolute atomic E-state index is 0.0261. The molecule has 1 amide bonds. The molecule has 28 heavy (non-hydrogen) atoms. The van der Waals surface area contributed by atoms with Crippen LogP contribution in [0.5, 0.6) is 0 Å². The Morgan fingerprint density at radius 3 is 2.71 bits per heavy atom. The Kier molecular flexibility index (Phi) is 5.46. The van der Waals surface area contributed by atoms with Crippen molar-refractivity contribution in [2.75, 3.05) is 10.6 Å². The van der Waals surface area contributed by atoms with Crippen LogP contribution in [0.25, 0.3) is 0 Å². The monoisotopic (exact) mass is 393 g/mol. The molecule has 0 unspecified atom stereocenters. The first-order chi connectivity index (χ1) is 13.2. The number of pyridine rings is 1. The van der Waals surface area contributed by atoms with E-state index < -0.39 is 29.7 Å². The molecule has 1 fully saturated rings. The molecule has 9 heteroatoms. The van der Waals surface area contributed by atoms with E-state index in [1.807, 2.05) is 13.0 Å². The number of anilines is 3. The van der Waals surface area contributed by atoms with Gasteiger partial charge in [0.2, 0.25) is 0 Å². The first-order valence-corrected chi connectivity index (χ1v) is 8.91. The van der Waals surface area contributed by atoms with E-state index in [2.05, 4.69) is 15.6 Å². The molecule has 150 valence electrons. The van der Waals surface area contributed by atoms with Crippen molar-refractivity contribution < 1.29 is 18.0 Å². The summed E-state index contributed by atoms with van der Waals surface area (Å²) >= 11 is 0. The van der Waals surface area contributed by atoms with Crippen LogP contribution < -0.4 is 22.1 Å². The van der Waals surface area contributed by atoms with Gasteiger partial charge in [-0.25, -0.2) is 18.2 Å². The Hall–Kier alpha value is -2.81. The lowest BCUT2D eigenvalue weighted by atomic mass is 9.87. The second-order valence-electron chi connectivity index (χ2n) is 7.00. The van der Waals surface area contributed by atoms with Crippen LogP contribution >= 0.6 is 0 Å². The molecule has 2 atom stereocenters. The summed E-state index contributed by atoms with van der Waals surface area (Å²) in [6, 6.07) is 5.85. The highest BCUT2D eigenvalue weighted by Crippen LogP contribution is 2.34. The summed E-state index contributed by atoms with van der Waals surface area (Å²) in [6.07, 6.45) is 0.312. The second kappa shape index (κ2) is 7.67. The van der Waals surface area contributed by atoms with Gasteiger partial charge in [-0.05, 0) is 43.5 Å². The zero-order chi connectivity index (χ0) is 20.5. The van der Waals surface area contributed by atoms with Crippen molar-refractivity contribution in [2.45, 2.75) is 44.2 Å². The first-order valence-electron chi connectivity index (χ1n) is 8.91. The van der Waals surface area contributed by atoms with Crippen molar-refractivity contribution in [3.05, 3.63) is 47.3 Å². The number of nitrogens with zero attached hydrogens (tertiary/aromatic N) is 1. The van der Waals surface area contributed by atoms with E-state index in [1.54, 1.807) is 18.2 Å². The van der Waals surface area contributed by atoms with E-state index in [0.717, 1.165) is 11.6 Å². The molecular weight excluding hydrogens is 371 g/mol. The maximum absolute atomic E-state index is 14.5. The number of amides is 1. The van der Waals surface area contributed by atoms with Crippen LogP contribution in [-0.4, -0.2) is 28.9 Å². The van der Waals surface area contributed by atoms with Crippen molar-refractivity contribution in [2.24, 2.45) is 11.5 Å². The lowest BCUT2D eigenvalue weighted by Gasteiger charge is -2.36. The zero-order valence-corrected chi connectivity index (χ0v) is 15.3. The van der Waals surface area contributed by atoms with E-state index in [9.17, 15) is 18.0 Å². The molecular formula is C19H22F3N5O. The molecule has 1 aliphatic rings. The van der Waals surface area contributed by atoms with Crippen molar-refractivity contribution in [1.82, 2.24) is 4.98 Å². The van der Waals surface area contributed by atoms with Crippen LogP contribution in [-0.2, 0) is 0 Å². The fourth-order valence-corrected chi connectivity index (χ4v) is 3.27. The van der Waals surface area contributed by atoms with Crippen LogP contribution in [0.4, 0.5) is 30.5 Å². The predicted octanol–water partition coefficient (Wildman–Crippen LogP) is 3.30. The average Bonchev–Trinajstić information content (AvgIpc) is 2.61. The highest BCUT2D eigenvalue weighted by molar-refractivity contribution is 5.98. The van der Waals surface area contributed by atoms with E-state index in [4.69, 9.17) is 11.5 Å². The lowest BCUT2D eigenvalue weighted by molar-refractivity contribution is -0.0555. The number of carbonyl (C=O) groups is 1. The minimum Gasteiger partial charge on any atom is -0.365 e. The Morgan fingerprint density at radius 2 is 2.04 bits per heavy atom. The van der Waals surface area contributed by atoms with Gasteiger partial charge in [-0.3, -0.25) is 4.79 Å². The number of halogens is 3. The third kappa shape index (κ3) is 4.19. The topological polar surface area (TPSA) is 106 Å². The van der Waals surface area contributed by atoms with Gasteiger partial charge in [0.15, 0.2) is 11.6 Å². The first kappa shape index (κ1) is 19.9.